The van der Waals surface area contributed by atoms with Gasteiger partial charge in [0.25, 0.3) is 0 Å². The van der Waals surface area contributed by atoms with E-state index in [1.165, 1.54) is 0 Å². The van der Waals surface area contributed by atoms with Gasteiger partial charge in [0, 0.05) is 19.1 Å². The minimum atomic E-state index is -0.183. The average molecular weight is 287 g/mol. The quantitative estimate of drug-likeness (QED) is 0.512. The molecule has 0 spiro atoms. The molecule has 3 heteroatoms. The first-order chi connectivity index (χ1) is 10.1. The lowest BCUT2D eigenvalue weighted by atomic mass is 10.0. The van der Waals surface area contributed by atoms with Crippen LogP contribution in [0.5, 0.6) is 0 Å². The third-order valence-electron chi connectivity index (χ3n) is 3.08. The van der Waals surface area contributed by atoms with Crippen molar-refractivity contribution in [1.82, 2.24) is 4.90 Å². The topological polar surface area (TPSA) is 29.5 Å². The second kappa shape index (κ2) is 9.14. The summed E-state index contributed by atoms with van der Waals surface area (Å²) in [5, 5.41) is 0. The van der Waals surface area contributed by atoms with Crippen molar-refractivity contribution in [3.8, 4) is 0 Å². The Kier molecular flexibility index (Phi) is 7.48. The first-order valence-electron chi connectivity index (χ1n) is 7.28. The smallest absolute Gasteiger partial charge is 0.307 e. The molecule has 1 unspecified atom stereocenters. The molecule has 0 aliphatic carbocycles. The van der Waals surface area contributed by atoms with Crippen molar-refractivity contribution in [3.05, 3.63) is 61.2 Å². The van der Waals surface area contributed by atoms with Crippen LogP contribution in [0.2, 0.25) is 0 Å². The van der Waals surface area contributed by atoms with E-state index in [9.17, 15) is 4.79 Å². The number of esters is 1. The Labute approximate surface area is 127 Å². The molecule has 0 saturated carbocycles. The van der Waals surface area contributed by atoms with Crippen molar-refractivity contribution in [3.63, 3.8) is 0 Å². The van der Waals surface area contributed by atoms with E-state index in [0.29, 0.717) is 19.5 Å². The standard InChI is InChI=1S/C18H25NO2/c1-5-12-19(13-6-2)17(14-18(20)21-15(3)4)16-10-8-7-9-11-16/h5-11,15,17H,1-2,12-14H2,3-4H3. The summed E-state index contributed by atoms with van der Waals surface area (Å²) < 4.78 is 5.29. The average Bonchev–Trinajstić information content (AvgIpc) is 2.45. The maximum absolute atomic E-state index is 12.0. The number of benzene rings is 1. The summed E-state index contributed by atoms with van der Waals surface area (Å²) in [5.74, 6) is -0.183. The zero-order chi connectivity index (χ0) is 15.7. The third kappa shape index (κ3) is 5.96. The summed E-state index contributed by atoms with van der Waals surface area (Å²) in [6.07, 6.45) is 3.91. The highest BCUT2D eigenvalue weighted by atomic mass is 16.5. The number of nitrogens with zero attached hydrogens (tertiary/aromatic N) is 1. The van der Waals surface area contributed by atoms with Gasteiger partial charge in [-0.05, 0) is 19.4 Å². The summed E-state index contributed by atoms with van der Waals surface area (Å²) >= 11 is 0. The molecule has 0 N–H and O–H groups in total. The molecule has 21 heavy (non-hydrogen) atoms. The number of hydrogen-bond acceptors (Lipinski definition) is 3. The fraction of sp³-hybridized carbons (Fsp3) is 0.389. The van der Waals surface area contributed by atoms with Crippen LogP contribution in [0.15, 0.2) is 55.6 Å². The van der Waals surface area contributed by atoms with Gasteiger partial charge in [0.1, 0.15) is 0 Å². The van der Waals surface area contributed by atoms with Crippen molar-refractivity contribution < 1.29 is 9.53 Å². The molecule has 3 nitrogen and oxygen atoms in total. The Balaban J connectivity index is 2.95. The van der Waals surface area contributed by atoms with Crippen LogP contribution >= 0.6 is 0 Å². The molecule has 0 aromatic heterocycles. The molecule has 0 fully saturated rings. The minimum Gasteiger partial charge on any atom is -0.463 e. The lowest BCUT2D eigenvalue weighted by molar-refractivity contribution is -0.148. The SMILES string of the molecule is C=CCN(CC=C)C(CC(=O)OC(C)C)c1ccccc1. The van der Waals surface area contributed by atoms with Crippen molar-refractivity contribution in [2.75, 3.05) is 13.1 Å². The number of ether oxygens (including phenoxy) is 1. The van der Waals surface area contributed by atoms with Crippen LogP contribution < -0.4 is 0 Å². The van der Waals surface area contributed by atoms with Crippen molar-refractivity contribution >= 4 is 5.97 Å². The van der Waals surface area contributed by atoms with Crippen LogP contribution in [-0.4, -0.2) is 30.1 Å². The lowest BCUT2D eigenvalue weighted by Gasteiger charge is -2.30. The largest absolute Gasteiger partial charge is 0.463 e. The Hall–Kier alpha value is -1.87. The van der Waals surface area contributed by atoms with E-state index in [-0.39, 0.29) is 18.1 Å². The minimum absolute atomic E-state index is 0.0338. The van der Waals surface area contributed by atoms with E-state index in [1.54, 1.807) is 0 Å². The van der Waals surface area contributed by atoms with Crippen LogP contribution in [0.1, 0.15) is 31.9 Å². The summed E-state index contributed by atoms with van der Waals surface area (Å²) in [5.41, 5.74) is 1.10. The van der Waals surface area contributed by atoms with E-state index in [2.05, 4.69) is 18.1 Å². The van der Waals surface area contributed by atoms with Gasteiger partial charge in [-0.15, -0.1) is 13.2 Å². The summed E-state index contributed by atoms with van der Waals surface area (Å²) in [6.45, 7) is 12.7. The van der Waals surface area contributed by atoms with Crippen LogP contribution in [0, 0.1) is 0 Å². The highest BCUT2D eigenvalue weighted by Crippen LogP contribution is 2.25. The molecule has 0 aliphatic heterocycles. The fourth-order valence-electron chi connectivity index (χ4n) is 2.26. The maximum atomic E-state index is 12.0. The Morgan fingerprint density at radius 2 is 1.76 bits per heavy atom. The van der Waals surface area contributed by atoms with Crippen molar-refractivity contribution in [2.45, 2.75) is 32.4 Å². The van der Waals surface area contributed by atoms with Gasteiger partial charge in [-0.2, -0.15) is 0 Å². The van der Waals surface area contributed by atoms with Gasteiger partial charge in [-0.25, -0.2) is 0 Å². The lowest BCUT2D eigenvalue weighted by Crippen LogP contribution is -2.31. The molecule has 0 radical (unpaired) electrons. The van der Waals surface area contributed by atoms with E-state index in [1.807, 2.05) is 56.3 Å². The van der Waals surface area contributed by atoms with E-state index in [0.717, 1.165) is 5.56 Å². The number of hydrogen-bond donors (Lipinski definition) is 0. The molecule has 1 aromatic rings. The summed E-state index contributed by atoms with van der Waals surface area (Å²) in [6, 6.07) is 9.97. The van der Waals surface area contributed by atoms with E-state index < -0.39 is 0 Å². The fourth-order valence-corrected chi connectivity index (χ4v) is 2.26. The molecule has 1 aromatic carbocycles. The number of carbonyl (C=O) groups is 1. The summed E-state index contributed by atoms with van der Waals surface area (Å²) in [4.78, 5) is 14.2. The normalized spacial score (nSPS) is 12.2. The molecule has 0 aliphatic rings. The Bertz CT molecular complexity index is 444. The molecule has 114 valence electrons. The van der Waals surface area contributed by atoms with Gasteiger partial charge in [0.15, 0.2) is 0 Å². The second-order valence-corrected chi connectivity index (χ2v) is 5.20. The Morgan fingerprint density at radius 3 is 2.24 bits per heavy atom. The predicted molar refractivity (Wildman–Crippen MR) is 87.0 cm³/mol. The monoisotopic (exact) mass is 287 g/mol. The maximum Gasteiger partial charge on any atom is 0.307 e. The van der Waals surface area contributed by atoms with Crippen LogP contribution in [-0.2, 0) is 9.53 Å². The molecule has 1 rings (SSSR count). The van der Waals surface area contributed by atoms with Crippen LogP contribution in [0.25, 0.3) is 0 Å². The molecule has 0 amide bonds. The predicted octanol–water partition coefficient (Wildman–Crippen LogP) is 3.74. The van der Waals surface area contributed by atoms with Crippen molar-refractivity contribution in [2.24, 2.45) is 0 Å². The molecule has 0 saturated heterocycles. The highest BCUT2D eigenvalue weighted by Gasteiger charge is 2.23. The van der Waals surface area contributed by atoms with Gasteiger partial charge in [0.2, 0.25) is 0 Å². The number of rotatable bonds is 9. The van der Waals surface area contributed by atoms with Gasteiger partial charge in [-0.1, -0.05) is 42.5 Å². The number of carbonyl (C=O) groups excluding carboxylic acids is 1. The van der Waals surface area contributed by atoms with Crippen molar-refractivity contribution in [1.29, 1.82) is 0 Å². The van der Waals surface area contributed by atoms with E-state index >= 15 is 0 Å². The van der Waals surface area contributed by atoms with Crippen LogP contribution in [0.3, 0.4) is 0 Å². The van der Waals surface area contributed by atoms with Gasteiger partial charge in [-0.3, -0.25) is 9.69 Å². The van der Waals surface area contributed by atoms with Gasteiger partial charge < -0.3 is 4.74 Å². The molecule has 0 heterocycles. The first kappa shape index (κ1) is 17.2. The highest BCUT2D eigenvalue weighted by molar-refractivity contribution is 5.70. The first-order valence-corrected chi connectivity index (χ1v) is 7.28. The van der Waals surface area contributed by atoms with Crippen LogP contribution in [0.4, 0.5) is 0 Å². The second-order valence-electron chi connectivity index (χ2n) is 5.20. The molecular formula is C18H25NO2. The van der Waals surface area contributed by atoms with E-state index in [4.69, 9.17) is 4.74 Å². The third-order valence-corrected chi connectivity index (χ3v) is 3.08. The van der Waals surface area contributed by atoms with Gasteiger partial charge >= 0.3 is 5.97 Å². The molecule has 0 bridgehead atoms. The Morgan fingerprint density at radius 1 is 1.19 bits per heavy atom. The zero-order valence-electron chi connectivity index (χ0n) is 13.0. The molecular weight excluding hydrogens is 262 g/mol. The van der Waals surface area contributed by atoms with Gasteiger partial charge in [0.05, 0.1) is 12.5 Å². The zero-order valence-corrected chi connectivity index (χ0v) is 13.0. The summed E-state index contributed by atoms with van der Waals surface area (Å²) in [7, 11) is 0. The molecule has 1 atom stereocenters.